The van der Waals surface area contributed by atoms with Gasteiger partial charge in [-0.1, -0.05) is 352 Å². The molecule has 0 heterocycles. The highest BCUT2D eigenvalue weighted by molar-refractivity contribution is 4.98. The van der Waals surface area contributed by atoms with Gasteiger partial charge < -0.3 is 0 Å². The van der Waals surface area contributed by atoms with Crippen LogP contribution in [0.3, 0.4) is 0 Å². The summed E-state index contributed by atoms with van der Waals surface area (Å²) in [7, 11) is 0. The van der Waals surface area contributed by atoms with Gasteiger partial charge in [-0.3, -0.25) is 0 Å². The average Bonchev–Trinajstić information content (AvgIpc) is 1.43. The zero-order valence-corrected chi connectivity index (χ0v) is 75.8. The van der Waals surface area contributed by atoms with Gasteiger partial charge in [-0.15, -0.1) is 0 Å². The van der Waals surface area contributed by atoms with Gasteiger partial charge in [-0.25, -0.2) is 0 Å². The summed E-state index contributed by atoms with van der Waals surface area (Å²) >= 11 is 0. The van der Waals surface area contributed by atoms with E-state index in [-0.39, 0.29) is 0 Å². The number of rotatable bonds is 3. The highest BCUT2D eigenvalue weighted by Gasteiger charge is 2.47. The summed E-state index contributed by atoms with van der Waals surface area (Å²) in [5, 5.41) is 0. The van der Waals surface area contributed by atoms with Gasteiger partial charge in [0.05, 0.1) is 0 Å². The monoisotopic (exact) mass is 1370 g/mol. The van der Waals surface area contributed by atoms with Crippen molar-refractivity contribution < 1.29 is 0 Å². The molecule has 11 rings (SSSR count). The van der Waals surface area contributed by atoms with Crippen molar-refractivity contribution >= 4 is 0 Å². The maximum absolute atomic E-state index is 2.48. The van der Waals surface area contributed by atoms with E-state index >= 15 is 0 Å². The molecule has 0 spiro atoms. The quantitative estimate of drug-likeness (QED) is 0.264. The Hall–Kier alpha value is 0. The van der Waals surface area contributed by atoms with Crippen molar-refractivity contribution in [2.45, 2.75) is 481 Å². The van der Waals surface area contributed by atoms with E-state index in [0.717, 1.165) is 82.3 Å². The van der Waals surface area contributed by atoms with E-state index < -0.39 is 0 Å². The van der Waals surface area contributed by atoms with Crippen LogP contribution in [0.1, 0.15) is 481 Å². The van der Waals surface area contributed by atoms with Crippen molar-refractivity contribution in [3.8, 4) is 0 Å². The van der Waals surface area contributed by atoms with Crippen molar-refractivity contribution in [1.82, 2.24) is 0 Å². The molecule has 0 aromatic carbocycles. The largest absolute Gasteiger partial charge is 0.0651 e. The molecule has 0 aromatic rings. The lowest BCUT2D eigenvalue weighted by Gasteiger charge is -2.49. The second kappa shape index (κ2) is 38.7. The van der Waals surface area contributed by atoms with Gasteiger partial charge in [0, 0.05) is 0 Å². The van der Waals surface area contributed by atoms with Crippen LogP contribution in [-0.2, 0) is 0 Å². The predicted molar refractivity (Wildman–Crippen MR) is 449 cm³/mol. The van der Waals surface area contributed by atoms with E-state index in [1.807, 2.05) is 0 Å². The van der Waals surface area contributed by atoms with Crippen molar-refractivity contribution in [3.63, 3.8) is 0 Å². The third-order valence-electron chi connectivity index (χ3n) is 30.3. The molecule has 7 atom stereocenters. The Morgan fingerprint density at radius 2 is 0.745 bits per heavy atom. The molecule has 98 heavy (non-hydrogen) atoms. The predicted octanol–water partition coefficient (Wildman–Crippen LogP) is 34.2. The van der Waals surface area contributed by atoms with Crippen LogP contribution in [0, 0.1) is 147 Å². The van der Waals surface area contributed by atoms with Crippen molar-refractivity contribution in [3.05, 3.63) is 0 Å². The lowest BCUT2D eigenvalue weighted by atomic mass is 9.56. The summed E-state index contributed by atoms with van der Waals surface area (Å²) < 4.78 is 0. The molecule has 0 heteroatoms. The minimum atomic E-state index is 0.547. The molecule has 0 aromatic heterocycles. The van der Waals surface area contributed by atoms with Gasteiger partial charge in [-0.05, 0) is 276 Å². The third-order valence-corrected chi connectivity index (χ3v) is 30.3. The maximum Gasteiger partial charge on any atom is -0.0297 e. The Morgan fingerprint density at radius 3 is 0.980 bits per heavy atom. The van der Waals surface area contributed by atoms with Crippen LogP contribution in [0.5, 0.6) is 0 Å². The van der Waals surface area contributed by atoms with Crippen LogP contribution >= 0.6 is 0 Å². The summed E-state index contributed by atoms with van der Waals surface area (Å²) in [5.74, 6) is 12.9. The van der Waals surface area contributed by atoms with E-state index in [0.29, 0.717) is 65.0 Å². The second-order valence-corrected chi connectivity index (χ2v) is 48.5. The summed E-state index contributed by atoms with van der Waals surface area (Å²) in [4.78, 5) is 0. The van der Waals surface area contributed by atoms with E-state index in [1.54, 1.807) is 0 Å². The van der Waals surface area contributed by atoms with Crippen LogP contribution in [0.4, 0.5) is 0 Å². The Labute approximate surface area is 624 Å². The second-order valence-electron chi connectivity index (χ2n) is 48.5. The molecular weight excluding hydrogens is 1180 g/mol. The Kier molecular flexibility index (Phi) is 37.1. The van der Waals surface area contributed by atoms with E-state index in [9.17, 15) is 0 Å². The van der Waals surface area contributed by atoms with Crippen LogP contribution < -0.4 is 0 Å². The molecule has 11 fully saturated rings. The maximum atomic E-state index is 2.48. The van der Waals surface area contributed by atoms with Gasteiger partial charge in [0.2, 0.25) is 0 Å². The molecule has 0 saturated heterocycles. The minimum absolute atomic E-state index is 0.547. The molecule has 11 aliphatic carbocycles. The molecular formula is C98H194. The van der Waals surface area contributed by atoms with Gasteiger partial charge >= 0.3 is 0 Å². The first-order chi connectivity index (χ1) is 44.2. The molecule has 586 valence electrons. The summed E-state index contributed by atoms with van der Waals surface area (Å²) in [6.07, 6.45) is 50.6. The van der Waals surface area contributed by atoms with Gasteiger partial charge in [0.1, 0.15) is 0 Å². The van der Waals surface area contributed by atoms with E-state index in [2.05, 4.69) is 256 Å². The lowest BCUT2D eigenvalue weighted by molar-refractivity contribution is 0.0202. The molecule has 11 saturated carbocycles. The topological polar surface area (TPSA) is 0 Å². The smallest absolute Gasteiger partial charge is 0.0297 e. The SMILES string of the molecule is CC(C)(C)C1CCC1.CC1(C)CC(C)(C)CC(C)(C)C1.CC1C(C)(C)CCCC1(C)C.CC1CC(C)(C)CC(C)(C)C1.CC1CCC(C)(C)CC1.CC1CCCC(C)C1C.CCC(C)C1CCC1.CCC1CC(C)(C)CC(C)(C)C1.C[C@@H]1CCCCC1(C)C.C[C@H]1CC2CCC1(C)C2. The fourth-order valence-corrected chi connectivity index (χ4v) is 23.8. The van der Waals surface area contributed by atoms with Gasteiger partial charge in [0.25, 0.3) is 0 Å². The fourth-order valence-electron chi connectivity index (χ4n) is 23.8. The number of fused-ring (bicyclic) bond motifs is 2. The molecule has 0 amide bonds. The molecule has 0 nitrogen and oxygen atoms in total. The molecule has 0 radical (unpaired) electrons. The van der Waals surface area contributed by atoms with Crippen LogP contribution in [0.2, 0.25) is 0 Å². The van der Waals surface area contributed by atoms with Crippen LogP contribution in [0.15, 0.2) is 0 Å². The molecule has 2 bridgehead atoms. The first-order valence-corrected chi connectivity index (χ1v) is 44.2. The van der Waals surface area contributed by atoms with Gasteiger partial charge in [0.15, 0.2) is 0 Å². The molecule has 5 unspecified atom stereocenters. The standard InChI is InChI=1S/2C12H24.2C11H22.C9H16.3C9H18.2C8H16/c1-10(2)7-11(3,4)9-12(5,6)8-10;1-6-10-7-11(2,3)9-12(4,5)8-10;1-9-6-10(2,3)8-11(4,5)7-9;1-9-10(2,3)7-6-8-11(9,4)5;1-7-5-8-3-4-9(7,2)6-8;1-8-4-6-9(2,3)7-5-8;1-8-6-4-5-7-9(8,2)3;1-7-5-4-6-8(2)9(7)3;1-8(2,3)7-5-4-6-7;1-3-7(2)8-5-4-6-8/h7-9H2,1-6H3;10H,6-9H2,1-5H3;2*9H,6-8H2,1-5H3;7-8H,3-6H2,1-2H3;2*8H,4-7H2,1-3H3;7-9H,4-6H2,1-3H3;7H,4-6H2,1-3H3;7-8H,3-6H2,1-2H3/t;;;;7-,8?,9?;;8-;;;/m....0.1.../s1. The summed E-state index contributed by atoms with van der Waals surface area (Å²) in [6, 6.07) is 0. The minimum Gasteiger partial charge on any atom is -0.0651 e. The lowest BCUT2D eigenvalue weighted by Crippen LogP contribution is -2.38. The number of hydrogen-bond donors (Lipinski definition) is 0. The fraction of sp³-hybridized carbons (Fsp3) is 1.00. The Morgan fingerprint density at radius 1 is 0.347 bits per heavy atom. The zero-order valence-electron chi connectivity index (χ0n) is 75.8. The van der Waals surface area contributed by atoms with Crippen molar-refractivity contribution in [1.29, 1.82) is 0 Å². The summed E-state index contributed by atoms with van der Waals surface area (Å²) in [5.41, 5.74) is 7.78. The van der Waals surface area contributed by atoms with E-state index in [4.69, 9.17) is 0 Å². The highest BCUT2D eigenvalue weighted by Crippen LogP contribution is 2.58. The van der Waals surface area contributed by atoms with E-state index in [1.165, 1.54) is 225 Å². The Bertz CT molecular complexity index is 2030. The highest BCUT2D eigenvalue weighted by atomic mass is 14.5. The van der Waals surface area contributed by atoms with Crippen molar-refractivity contribution in [2.24, 2.45) is 147 Å². The normalized spacial score (nSPS) is 33.2. The Balaban J connectivity index is 0.000000371. The zero-order chi connectivity index (χ0) is 75.8. The average molecular weight is 1370 g/mol. The first kappa shape index (κ1) is 94.1. The van der Waals surface area contributed by atoms with Crippen LogP contribution in [0.25, 0.3) is 0 Å². The summed E-state index contributed by atoms with van der Waals surface area (Å²) in [6.45, 7) is 88.7. The van der Waals surface area contributed by atoms with Gasteiger partial charge in [-0.2, -0.15) is 0 Å². The first-order valence-electron chi connectivity index (χ1n) is 44.2. The third kappa shape index (κ3) is 35.1. The number of hydrogen-bond acceptors (Lipinski definition) is 0. The molecule has 0 aliphatic heterocycles. The molecule has 0 N–H and O–H groups in total. The van der Waals surface area contributed by atoms with Crippen LogP contribution in [-0.4, -0.2) is 0 Å². The van der Waals surface area contributed by atoms with Crippen molar-refractivity contribution in [2.75, 3.05) is 0 Å². The molecule has 11 aliphatic rings.